The molecule has 0 fully saturated rings. The fourth-order valence-electron chi connectivity index (χ4n) is 4.12. The second kappa shape index (κ2) is 11.0. The molecular weight excluding hydrogens is 491 g/mol. The van der Waals surface area contributed by atoms with Crippen molar-refractivity contribution in [1.29, 1.82) is 0 Å². The Morgan fingerprint density at radius 1 is 1.24 bits per heavy atom. The first-order valence-corrected chi connectivity index (χ1v) is 12.1. The minimum atomic E-state index is -0.466. The Hall–Kier alpha value is -4.32. The minimum absolute atomic E-state index is 0.128. The zero-order chi connectivity index (χ0) is 27.6. The Morgan fingerprint density at radius 3 is 2.68 bits per heavy atom. The molecular formula is C26H31FN8O3. The van der Waals surface area contributed by atoms with Crippen molar-refractivity contribution in [1.82, 2.24) is 24.4 Å². The van der Waals surface area contributed by atoms with E-state index in [0.29, 0.717) is 35.4 Å². The molecule has 4 aromatic rings. The largest absolute Gasteiger partial charge is 0.473 e. The Morgan fingerprint density at radius 2 is 2.00 bits per heavy atom. The van der Waals surface area contributed by atoms with Gasteiger partial charge in [0, 0.05) is 49.0 Å². The number of nitrogens with zero attached hydrogens (tertiary/aromatic N) is 6. The highest BCUT2D eigenvalue weighted by Crippen LogP contribution is 2.40. The van der Waals surface area contributed by atoms with Crippen LogP contribution in [0.25, 0.3) is 22.2 Å². The van der Waals surface area contributed by atoms with Crippen LogP contribution >= 0.6 is 0 Å². The average molecular weight is 523 g/mol. The van der Waals surface area contributed by atoms with Gasteiger partial charge in [-0.05, 0) is 59.1 Å². The van der Waals surface area contributed by atoms with Gasteiger partial charge in [0.15, 0.2) is 0 Å². The number of fused-ring (bicyclic) bond motifs is 1. The van der Waals surface area contributed by atoms with Crippen molar-refractivity contribution in [2.45, 2.75) is 26.9 Å². The van der Waals surface area contributed by atoms with Gasteiger partial charge in [0.05, 0.1) is 22.3 Å². The van der Waals surface area contributed by atoms with Crippen molar-refractivity contribution >= 4 is 34.0 Å². The lowest BCUT2D eigenvalue weighted by Gasteiger charge is -2.19. The number of likely N-dealkylation sites (N-methyl/N-ethyl adjacent to an activating group) is 1. The summed E-state index contributed by atoms with van der Waals surface area (Å²) in [4.78, 5) is 27.0. The topological polar surface area (TPSA) is 123 Å². The van der Waals surface area contributed by atoms with Gasteiger partial charge in [0.25, 0.3) is 0 Å². The van der Waals surface area contributed by atoms with E-state index in [1.807, 2.05) is 50.7 Å². The molecule has 3 heterocycles. The molecule has 0 aliphatic heterocycles. The third-order valence-corrected chi connectivity index (χ3v) is 5.88. The number of halogens is 1. The van der Waals surface area contributed by atoms with Crippen molar-refractivity contribution in [3.05, 3.63) is 58.2 Å². The maximum Gasteiger partial charge on any atom is 0.316 e. The van der Waals surface area contributed by atoms with Crippen LogP contribution in [0, 0.1) is 22.9 Å². The summed E-state index contributed by atoms with van der Waals surface area (Å²) < 4.78 is 21.9. The minimum Gasteiger partial charge on any atom is -0.473 e. The van der Waals surface area contributed by atoms with Crippen LogP contribution < -0.4 is 15.4 Å². The number of hydrogen-bond acceptors (Lipinski definition) is 9. The quantitative estimate of drug-likeness (QED) is 0.221. The number of hydrogen-bond donors (Lipinski definition) is 2. The van der Waals surface area contributed by atoms with Crippen LogP contribution in [-0.4, -0.2) is 62.6 Å². The number of rotatable bonds is 10. The van der Waals surface area contributed by atoms with E-state index in [2.05, 4.69) is 25.6 Å². The molecule has 3 aromatic heterocycles. The third-order valence-electron chi connectivity index (χ3n) is 5.88. The van der Waals surface area contributed by atoms with Crippen LogP contribution in [0.5, 0.6) is 5.88 Å². The molecule has 11 nitrogen and oxygen atoms in total. The Labute approximate surface area is 219 Å². The van der Waals surface area contributed by atoms with E-state index in [1.165, 1.54) is 12.1 Å². The smallest absolute Gasteiger partial charge is 0.316 e. The SMILES string of the molecule is Cc1c(Nc2nccc(-c3cn(C)c4ccc(F)cc34)n2)c(OC(C)C)nc(NCCN(C)C)c1[N+](=O)[O-]. The van der Waals surface area contributed by atoms with Crippen LogP contribution in [0.2, 0.25) is 0 Å². The first-order valence-electron chi connectivity index (χ1n) is 12.1. The molecule has 0 aliphatic carbocycles. The van der Waals surface area contributed by atoms with Gasteiger partial charge in [-0.15, -0.1) is 0 Å². The molecule has 0 amide bonds. The van der Waals surface area contributed by atoms with Crippen molar-refractivity contribution in [3.63, 3.8) is 0 Å². The zero-order valence-electron chi connectivity index (χ0n) is 22.2. The Bertz CT molecular complexity index is 1490. The molecule has 1 aromatic carbocycles. The predicted molar refractivity (Wildman–Crippen MR) is 146 cm³/mol. The van der Waals surface area contributed by atoms with Crippen LogP contribution in [0.4, 0.5) is 27.5 Å². The van der Waals surface area contributed by atoms with Gasteiger partial charge >= 0.3 is 5.69 Å². The highest BCUT2D eigenvalue weighted by atomic mass is 19.1. The highest BCUT2D eigenvalue weighted by molar-refractivity contribution is 5.95. The Kier molecular flexibility index (Phi) is 7.72. The maximum absolute atomic E-state index is 14.0. The summed E-state index contributed by atoms with van der Waals surface area (Å²) in [6.45, 7) is 6.45. The highest BCUT2D eigenvalue weighted by Gasteiger charge is 2.27. The van der Waals surface area contributed by atoms with Crippen LogP contribution in [0.3, 0.4) is 0 Å². The van der Waals surface area contributed by atoms with Crippen LogP contribution in [-0.2, 0) is 7.05 Å². The van der Waals surface area contributed by atoms with E-state index < -0.39 is 4.92 Å². The van der Waals surface area contributed by atoms with Crippen molar-refractivity contribution in [2.75, 3.05) is 37.8 Å². The number of nitro groups is 1. The van der Waals surface area contributed by atoms with Gasteiger partial charge in [-0.3, -0.25) is 10.1 Å². The maximum atomic E-state index is 14.0. The zero-order valence-corrected chi connectivity index (χ0v) is 22.2. The molecule has 12 heteroatoms. The first kappa shape index (κ1) is 26.7. The number of aryl methyl sites for hydroxylation is 1. The first-order chi connectivity index (χ1) is 18.0. The van der Waals surface area contributed by atoms with Crippen molar-refractivity contribution < 1.29 is 14.1 Å². The summed E-state index contributed by atoms with van der Waals surface area (Å²) >= 11 is 0. The van der Waals surface area contributed by atoms with E-state index in [-0.39, 0.29) is 35.3 Å². The monoisotopic (exact) mass is 522 g/mol. The van der Waals surface area contributed by atoms with Gasteiger partial charge < -0.3 is 24.8 Å². The number of benzene rings is 1. The fourth-order valence-corrected chi connectivity index (χ4v) is 4.12. The predicted octanol–water partition coefficient (Wildman–Crippen LogP) is 4.89. The van der Waals surface area contributed by atoms with Gasteiger partial charge in [-0.1, -0.05) is 0 Å². The summed E-state index contributed by atoms with van der Waals surface area (Å²) in [7, 11) is 5.71. The van der Waals surface area contributed by atoms with Gasteiger partial charge in [0.1, 0.15) is 11.5 Å². The normalized spacial score (nSPS) is 11.4. The van der Waals surface area contributed by atoms with E-state index >= 15 is 0 Å². The molecule has 0 spiro atoms. The van der Waals surface area contributed by atoms with Gasteiger partial charge in [-0.25, -0.2) is 14.4 Å². The molecule has 0 saturated carbocycles. The van der Waals surface area contributed by atoms with Crippen LogP contribution in [0.1, 0.15) is 19.4 Å². The van der Waals surface area contributed by atoms with E-state index in [0.717, 1.165) is 11.1 Å². The third kappa shape index (κ3) is 5.65. The lowest BCUT2D eigenvalue weighted by molar-refractivity contribution is -0.384. The second-order valence-electron chi connectivity index (χ2n) is 9.47. The molecule has 2 N–H and O–H groups in total. The lowest BCUT2D eigenvalue weighted by Crippen LogP contribution is -2.22. The standard InChI is InChI=1S/C26H31FN8O3/c1-15(2)38-25-22(16(3)23(35(36)37)24(32-25)28-11-12-33(4)5)31-26-29-10-9-20(30-26)19-14-34(6)21-8-7-17(27)13-18(19)21/h7-10,13-15H,11-12H2,1-6H3,(H,28,32)(H,29,30,31). The molecule has 0 radical (unpaired) electrons. The molecule has 0 saturated heterocycles. The average Bonchev–Trinajstić information content (AvgIpc) is 3.16. The molecule has 0 atom stereocenters. The lowest BCUT2D eigenvalue weighted by atomic mass is 10.1. The van der Waals surface area contributed by atoms with Gasteiger partial charge in [-0.2, -0.15) is 4.98 Å². The number of ether oxygens (including phenoxy) is 1. The summed E-state index contributed by atoms with van der Waals surface area (Å²) in [5, 5.41) is 18.9. The Balaban J connectivity index is 1.77. The van der Waals surface area contributed by atoms with Crippen molar-refractivity contribution in [2.24, 2.45) is 7.05 Å². The fraction of sp³-hybridized carbons (Fsp3) is 0.346. The molecule has 0 aliphatic rings. The van der Waals surface area contributed by atoms with Gasteiger partial charge in [0.2, 0.25) is 17.6 Å². The molecule has 200 valence electrons. The number of pyridine rings is 1. The molecule has 38 heavy (non-hydrogen) atoms. The number of aromatic nitrogens is 4. The number of anilines is 3. The summed E-state index contributed by atoms with van der Waals surface area (Å²) in [5.74, 6) is 0.165. The van der Waals surface area contributed by atoms with Crippen LogP contribution in [0.15, 0.2) is 36.7 Å². The van der Waals surface area contributed by atoms with E-state index in [4.69, 9.17) is 4.74 Å². The summed E-state index contributed by atoms with van der Waals surface area (Å²) in [6.07, 6.45) is 3.20. The second-order valence-corrected chi connectivity index (χ2v) is 9.47. The van der Waals surface area contributed by atoms with Crippen molar-refractivity contribution in [3.8, 4) is 17.1 Å². The van der Waals surface area contributed by atoms with E-state index in [1.54, 1.807) is 25.3 Å². The summed E-state index contributed by atoms with van der Waals surface area (Å²) in [6, 6.07) is 6.32. The molecule has 0 unspecified atom stereocenters. The molecule has 4 rings (SSSR count). The summed E-state index contributed by atoms with van der Waals surface area (Å²) in [5.41, 5.74) is 2.61. The van der Waals surface area contributed by atoms with E-state index in [9.17, 15) is 14.5 Å². The number of nitrogens with one attached hydrogen (secondary N) is 2. The molecule has 0 bridgehead atoms.